The molecule has 0 bridgehead atoms. The molecule has 0 saturated heterocycles. The summed E-state index contributed by atoms with van der Waals surface area (Å²) in [4.78, 5) is 32.4. The van der Waals surface area contributed by atoms with E-state index in [4.69, 9.17) is 5.11 Å². The summed E-state index contributed by atoms with van der Waals surface area (Å²) in [5, 5.41) is 24.4. The normalized spacial score (nSPS) is 11.5. The van der Waals surface area contributed by atoms with Gasteiger partial charge in [-0.05, 0) is 12.0 Å². The molecule has 0 spiro atoms. The van der Waals surface area contributed by atoms with E-state index in [1.165, 1.54) is 18.2 Å². The Morgan fingerprint density at radius 3 is 2.71 bits per heavy atom. The summed E-state index contributed by atoms with van der Waals surface area (Å²) in [7, 11) is 0. The Kier molecular flexibility index (Phi) is 6.12. The monoisotopic (exact) mass is 295 g/mol. The third kappa shape index (κ3) is 5.89. The number of carbonyl (C=O) groups excluding carboxylic acids is 1. The number of nitro groups is 1. The molecule has 0 aliphatic heterocycles. The highest BCUT2D eigenvalue weighted by molar-refractivity contribution is 5.75. The Hall–Kier alpha value is -2.64. The largest absolute Gasteiger partial charge is 0.481 e. The highest BCUT2D eigenvalue weighted by atomic mass is 16.6. The number of benzene rings is 1. The van der Waals surface area contributed by atoms with E-state index in [1.807, 2.05) is 0 Å². The third-order valence-corrected chi connectivity index (χ3v) is 2.82. The molecule has 0 heterocycles. The second-order valence-corrected chi connectivity index (χ2v) is 4.46. The molecule has 1 atom stereocenters. The second-order valence-electron chi connectivity index (χ2n) is 4.46. The molecule has 0 radical (unpaired) electrons. The Bertz CT molecular complexity index is 532. The van der Waals surface area contributed by atoms with E-state index in [-0.39, 0.29) is 18.7 Å². The van der Waals surface area contributed by atoms with E-state index in [9.17, 15) is 19.7 Å². The van der Waals surface area contributed by atoms with Gasteiger partial charge < -0.3 is 15.7 Å². The number of nitro benzene ring substituents is 1. The zero-order chi connectivity index (χ0) is 15.8. The fraction of sp³-hybridized carbons (Fsp3) is 0.385. The topological polar surface area (TPSA) is 122 Å². The fourth-order valence-corrected chi connectivity index (χ4v) is 1.71. The standard InChI is InChI=1S/C13H17N3O5/c1-2-10(7-12(17)18)15-13(19)14-8-9-4-3-5-11(6-9)16(20)21/h3-6,10H,2,7-8H2,1H3,(H,17,18)(H2,14,15,19). The van der Waals surface area contributed by atoms with E-state index in [1.54, 1.807) is 13.0 Å². The van der Waals surface area contributed by atoms with Crippen LogP contribution in [-0.2, 0) is 11.3 Å². The van der Waals surface area contributed by atoms with Gasteiger partial charge in [-0.2, -0.15) is 0 Å². The maximum absolute atomic E-state index is 11.6. The second kappa shape index (κ2) is 7.83. The van der Waals surface area contributed by atoms with Crippen LogP contribution in [0.3, 0.4) is 0 Å². The lowest BCUT2D eigenvalue weighted by molar-refractivity contribution is -0.384. The van der Waals surface area contributed by atoms with E-state index in [2.05, 4.69) is 10.6 Å². The minimum absolute atomic E-state index is 0.0491. The van der Waals surface area contributed by atoms with Crippen LogP contribution in [0.2, 0.25) is 0 Å². The van der Waals surface area contributed by atoms with Gasteiger partial charge in [0, 0.05) is 24.7 Å². The summed E-state index contributed by atoms with van der Waals surface area (Å²) in [6, 6.07) is 4.97. The van der Waals surface area contributed by atoms with Crippen molar-refractivity contribution in [2.24, 2.45) is 0 Å². The Morgan fingerprint density at radius 1 is 1.43 bits per heavy atom. The van der Waals surface area contributed by atoms with E-state index >= 15 is 0 Å². The Balaban J connectivity index is 2.50. The van der Waals surface area contributed by atoms with Crippen molar-refractivity contribution in [1.29, 1.82) is 0 Å². The molecular formula is C13H17N3O5. The lowest BCUT2D eigenvalue weighted by atomic mass is 10.1. The van der Waals surface area contributed by atoms with Crippen molar-refractivity contribution in [1.82, 2.24) is 10.6 Å². The van der Waals surface area contributed by atoms with Crippen LogP contribution < -0.4 is 10.6 Å². The molecule has 8 nitrogen and oxygen atoms in total. The van der Waals surface area contributed by atoms with Crippen LogP contribution in [0.1, 0.15) is 25.3 Å². The van der Waals surface area contributed by atoms with Gasteiger partial charge in [0.1, 0.15) is 0 Å². The van der Waals surface area contributed by atoms with Gasteiger partial charge in [0.25, 0.3) is 5.69 Å². The van der Waals surface area contributed by atoms with Gasteiger partial charge in [0.15, 0.2) is 0 Å². The van der Waals surface area contributed by atoms with Crippen molar-refractivity contribution in [3.8, 4) is 0 Å². The third-order valence-electron chi connectivity index (χ3n) is 2.82. The predicted molar refractivity (Wildman–Crippen MR) is 74.8 cm³/mol. The number of carboxylic acids is 1. The number of rotatable bonds is 7. The molecule has 0 aromatic heterocycles. The maximum Gasteiger partial charge on any atom is 0.315 e. The van der Waals surface area contributed by atoms with Crippen molar-refractivity contribution < 1.29 is 19.6 Å². The number of carboxylic acid groups (broad SMARTS) is 1. The molecule has 114 valence electrons. The van der Waals surface area contributed by atoms with Crippen LogP contribution in [0.25, 0.3) is 0 Å². The molecule has 1 aromatic rings. The number of non-ortho nitro benzene ring substituents is 1. The summed E-state index contributed by atoms with van der Waals surface area (Å²) in [6.45, 7) is 1.89. The molecule has 0 aliphatic carbocycles. The molecule has 1 aromatic carbocycles. The molecule has 21 heavy (non-hydrogen) atoms. The van der Waals surface area contributed by atoms with Crippen LogP contribution in [0.5, 0.6) is 0 Å². The average molecular weight is 295 g/mol. The number of urea groups is 1. The van der Waals surface area contributed by atoms with Gasteiger partial charge in [0.2, 0.25) is 0 Å². The molecule has 0 fully saturated rings. The zero-order valence-electron chi connectivity index (χ0n) is 11.5. The van der Waals surface area contributed by atoms with E-state index < -0.39 is 23.0 Å². The summed E-state index contributed by atoms with van der Waals surface area (Å²) in [5.74, 6) is -0.985. The van der Waals surface area contributed by atoms with E-state index in [0.717, 1.165) is 0 Å². The summed E-state index contributed by atoms with van der Waals surface area (Å²) < 4.78 is 0. The molecule has 1 unspecified atom stereocenters. The first-order valence-electron chi connectivity index (χ1n) is 6.41. The summed E-state index contributed by atoms with van der Waals surface area (Å²) >= 11 is 0. The van der Waals surface area contributed by atoms with Crippen LogP contribution >= 0.6 is 0 Å². The predicted octanol–water partition coefficient (Wildman–Crippen LogP) is 1.65. The van der Waals surface area contributed by atoms with Crippen molar-refractivity contribution in [3.63, 3.8) is 0 Å². The average Bonchev–Trinajstić information content (AvgIpc) is 2.44. The zero-order valence-corrected chi connectivity index (χ0v) is 11.5. The van der Waals surface area contributed by atoms with Crippen LogP contribution in [-0.4, -0.2) is 28.1 Å². The minimum atomic E-state index is -0.985. The SMILES string of the molecule is CCC(CC(=O)O)NC(=O)NCc1cccc([N+](=O)[O-])c1. The lowest BCUT2D eigenvalue weighted by Gasteiger charge is -2.15. The minimum Gasteiger partial charge on any atom is -0.481 e. The molecule has 0 aliphatic rings. The maximum atomic E-state index is 11.6. The van der Waals surface area contributed by atoms with Gasteiger partial charge in [-0.15, -0.1) is 0 Å². The molecule has 3 N–H and O–H groups in total. The Labute approximate surface area is 121 Å². The van der Waals surface area contributed by atoms with Gasteiger partial charge in [0.05, 0.1) is 11.3 Å². The van der Waals surface area contributed by atoms with Crippen molar-refractivity contribution in [2.45, 2.75) is 32.4 Å². The number of hydrogen-bond donors (Lipinski definition) is 3. The smallest absolute Gasteiger partial charge is 0.315 e. The number of amides is 2. The molecule has 1 rings (SSSR count). The van der Waals surface area contributed by atoms with Crippen molar-refractivity contribution >= 4 is 17.7 Å². The van der Waals surface area contributed by atoms with Crippen LogP contribution in [0, 0.1) is 10.1 Å². The van der Waals surface area contributed by atoms with Crippen molar-refractivity contribution in [2.75, 3.05) is 0 Å². The number of aliphatic carboxylic acids is 1. The number of carbonyl (C=O) groups is 2. The van der Waals surface area contributed by atoms with Gasteiger partial charge in [-0.3, -0.25) is 14.9 Å². The first-order chi connectivity index (χ1) is 9.92. The van der Waals surface area contributed by atoms with Gasteiger partial charge >= 0.3 is 12.0 Å². The number of hydrogen-bond acceptors (Lipinski definition) is 4. The Morgan fingerprint density at radius 2 is 2.14 bits per heavy atom. The lowest BCUT2D eigenvalue weighted by Crippen LogP contribution is -2.42. The molecule has 0 saturated carbocycles. The first kappa shape index (κ1) is 16.4. The fourth-order valence-electron chi connectivity index (χ4n) is 1.71. The highest BCUT2D eigenvalue weighted by Gasteiger charge is 2.14. The molecular weight excluding hydrogens is 278 g/mol. The van der Waals surface area contributed by atoms with Gasteiger partial charge in [-0.1, -0.05) is 19.1 Å². The molecule has 8 heteroatoms. The highest BCUT2D eigenvalue weighted by Crippen LogP contribution is 2.12. The quantitative estimate of drug-likeness (QED) is 0.521. The first-order valence-corrected chi connectivity index (χ1v) is 6.41. The summed E-state index contributed by atoms with van der Waals surface area (Å²) in [6.07, 6.45) is 0.345. The van der Waals surface area contributed by atoms with Crippen LogP contribution in [0.4, 0.5) is 10.5 Å². The van der Waals surface area contributed by atoms with E-state index in [0.29, 0.717) is 12.0 Å². The molecule has 2 amide bonds. The van der Waals surface area contributed by atoms with Crippen LogP contribution in [0.15, 0.2) is 24.3 Å². The van der Waals surface area contributed by atoms with Crippen molar-refractivity contribution in [3.05, 3.63) is 39.9 Å². The van der Waals surface area contributed by atoms with Gasteiger partial charge in [-0.25, -0.2) is 4.79 Å². The summed E-state index contributed by atoms with van der Waals surface area (Å²) in [5.41, 5.74) is 0.539. The number of nitrogens with zero attached hydrogens (tertiary/aromatic N) is 1. The number of nitrogens with one attached hydrogen (secondary N) is 2.